The van der Waals surface area contributed by atoms with Crippen molar-refractivity contribution in [2.45, 2.75) is 50.5 Å². The zero-order chi connectivity index (χ0) is 16.0. The zero-order valence-electron chi connectivity index (χ0n) is 13.2. The Kier molecular flexibility index (Phi) is 2.33. The van der Waals surface area contributed by atoms with Crippen molar-refractivity contribution in [1.29, 1.82) is 0 Å². The second kappa shape index (κ2) is 3.96. The van der Waals surface area contributed by atoms with Crippen LogP contribution >= 0.6 is 0 Å². The summed E-state index contributed by atoms with van der Waals surface area (Å²) in [6.07, 6.45) is 6.69. The first-order valence-corrected chi connectivity index (χ1v) is 8.24. The number of ketones is 1. The van der Waals surface area contributed by atoms with E-state index in [1.54, 1.807) is 12.3 Å². The van der Waals surface area contributed by atoms with Crippen LogP contribution in [-0.2, 0) is 14.3 Å². The molecule has 0 aromatic carbocycles. The van der Waals surface area contributed by atoms with Crippen LogP contribution in [0.3, 0.4) is 0 Å². The van der Waals surface area contributed by atoms with Gasteiger partial charge in [0.25, 0.3) is 0 Å². The van der Waals surface area contributed by atoms with Crippen molar-refractivity contribution < 1.29 is 18.7 Å². The van der Waals surface area contributed by atoms with Crippen LogP contribution in [-0.4, -0.2) is 34.3 Å². The number of ether oxygens (including phenoxy) is 1. The van der Waals surface area contributed by atoms with Crippen molar-refractivity contribution in [2.75, 3.05) is 0 Å². The predicted octanol–water partition coefficient (Wildman–Crippen LogP) is 2.24. The number of hydrogen-bond acceptors (Lipinski definition) is 4. The van der Waals surface area contributed by atoms with Gasteiger partial charge in [-0.15, -0.1) is 0 Å². The van der Waals surface area contributed by atoms with E-state index in [4.69, 9.17) is 9.15 Å². The van der Waals surface area contributed by atoms with E-state index in [0.717, 1.165) is 0 Å². The molecule has 5 nitrogen and oxygen atoms in total. The van der Waals surface area contributed by atoms with Gasteiger partial charge in [0, 0.05) is 12.3 Å². The Labute approximate surface area is 134 Å². The monoisotopic (exact) mass is 313 g/mol. The molecule has 1 amide bonds. The summed E-state index contributed by atoms with van der Waals surface area (Å²) in [5, 5.41) is 0. The van der Waals surface area contributed by atoms with Crippen LogP contribution in [0.2, 0.25) is 0 Å². The van der Waals surface area contributed by atoms with E-state index >= 15 is 0 Å². The summed E-state index contributed by atoms with van der Waals surface area (Å²) in [7, 11) is 0. The maximum Gasteiger partial charge on any atom is 0.232 e. The fourth-order valence-electron chi connectivity index (χ4n) is 5.25. The van der Waals surface area contributed by atoms with Crippen molar-refractivity contribution >= 4 is 11.7 Å². The zero-order valence-corrected chi connectivity index (χ0v) is 13.2. The molecule has 2 bridgehead atoms. The highest BCUT2D eigenvalue weighted by Crippen LogP contribution is 2.63. The number of rotatable bonds is 1. The lowest BCUT2D eigenvalue weighted by Gasteiger charge is -2.44. The molecule has 120 valence electrons. The third kappa shape index (κ3) is 1.34. The number of piperidine rings is 1. The Morgan fingerprint density at radius 2 is 2.17 bits per heavy atom. The molecule has 0 unspecified atom stereocenters. The molecule has 5 heterocycles. The molecule has 4 aliphatic heterocycles. The van der Waals surface area contributed by atoms with E-state index in [0.29, 0.717) is 18.6 Å². The van der Waals surface area contributed by atoms with Gasteiger partial charge in [0.1, 0.15) is 17.1 Å². The number of hydrogen-bond donors (Lipinski definition) is 0. The van der Waals surface area contributed by atoms with Gasteiger partial charge in [-0.05, 0) is 25.5 Å². The van der Waals surface area contributed by atoms with Crippen molar-refractivity contribution in [3.05, 3.63) is 36.3 Å². The molecular weight excluding hydrogens is 294 g/mol. The lowest BCUT2D eigenvalue weighted by molar-refractivity contribution is -0.146. The SMILES string of the molecule is C[C@@H]1C(=O)C[C@@H](c2ccco2)N2C(=O)[C@@]3(C)C[C@@H]4C=C[C@]3(O4)[C@@H]12. The fraction of sp³-hybridized carbons (Fsp3) is 0.556. The van der Waals surface area contributed by atoms with Crippen LogP contribution in [0.1, 0.15) is 38.5 Å². The molecule has 4 aliphatic rings. The predicted molar refractivity (Wildman–Crippen MR) is 80.3 cm³/mol. The van der Waals surface area contributed by atoms with E-state index in [1.807, 2.05) is 37.0 Å². The first-order chi connectivity index (χ1) is 11.0. The van der Waals surface area contributed by atoms with E-state index in [-0.39, 0.29) is 35.8 Å². The molecule has 23 heavy (non-hydrogen) atoms. The highest BCUT2D eigenvalue weighted by Gasteiger charge is 2.75. The average molecular weight is 313 g/mol. The topological polar surface area (TPSA) is 59.8 Å². The summed E-state index contributed by atoms with van der Waals surface area (Å²) in [5.41, 5.74) is -1.25. The molecule has 0 radical (unpaired) electrons. The van der Waals surface area contributed by atoms with Crippen LogP contribution in [0.5, 0.6) is 0 Å². The lowest BCUT2D eigenvalue weighted by Crippen LogP contribution is -2.56. The maximum absolute atomic E-state index is 13.3. The molecule has 1 aromatic rings. The Morgan fingerprint density at radius 1 is 1.35 bits per heavy atom. The van der Waals surface area contributed by atoms with Crippen molar-refractivity contribution in [3.8, 4) is 0 Å². The van der Waals surface area contributed by atoms with Crippen molar-refractivity contribution in [1.82, 2.24) is 4.90 Å². The number of carbonyl (C=O) groups is 2. The first-order valence-electron chi connectivity index (χ1n) is 8.24. The minimum absolute atomic E-state index is 0.00242. The summed E-state index contributed by atoms with van der Waals surface area (Å²) < 4.78 is 11.8. The summed E-state index contributed by atoms with van der Waals surface area (Å²) in [6, 6.07) is 3.08. The summed E-state index contributed by atoms with van der Waals surface area (Å²) in [4.78, 5) is 27.9. The Balaban J connectivity index is 1.70. The summed E-state index contributed by atoms with van der Waals surface area (Å²) in [6.45, 7) is 3.92. The van der Waals surface area contributed by atoms with Crippen LogP contribution in [0.15, 0.2) is 35.0 Å². The molecule has 3 saturated heterocycles. The minimum atomic E-state index is -0.672. The van der Waals surface area contributed by atoms with E-state index in [1.165, 1.54) is 0 Å². The average Bonchev–Trinajstić information content (AvgIpc) is 3.25. The van der Waals surface area contributed by atoms with Gasteiger partial charge in [0.15, 0.2) is 0 Å². The molecule has 6 atom stereocenters. The largest absolute Gasteiger partial charge is 0.467 e. The minimum Gasteiger partial charge on any atom is -0.467 e. The number of amides is 1. The molecule has 0 aliphatic carbocycles. The molecule has 0 N–H and O–H groups in total. The standard InChI is InChI=1S/C18H19NO4/c1-10-13(20)8-12(14-4-3-7-22-14)19-15(10)18-6-5-11(23-18)9-17(18,2)16(19)21/h3-7,10-12,15H,8-9H2,1-2H3/t10-,11+,12+,15-,17-,18+/m1/s1. The van der Waals surface area contributed by atoms with E-state index < -0.39 is 11.0 Å². The number of Topliss-reactive ketones (excluding diaryl/α,β-unsaturated/α-hetero) is 1. The maximum atomic E-state index is 13.3. The number of nitrogens with zero attached hydrogens (tertiary/aromatic N) is 1. The Hall–Kier alpha value is -1.88. The second-order valence-corrected chi connectivity index (χ2v) is 7.49. The van der Waals surface area contributed by atoms with Crippen molar-refractivity contribution in [2.24, 2.45) is 11.3 Å². The van der Waals surface area contributed by atoms with Gasteiger partial charge in [0.05, 0.1) is 29.9 Å². The van der Waals surface area contributed by atoms with Gasteiger partial charge in [-0.1, -0.05) is 19.1 Å². The number of furan rings is 1. The highest BCUT2D eigenvalue weighted by molar-refractivity contribution is 5.94. The van der Waals surface area contributed by atoms with Crippen LogP contribution in [0.4, 0.5) is 0 Å². The summed E-state index contributed by atoms with van der Waals surface area (Å²) in [5.74, 6) is 0.720. The molecule has 0 saturated carbocycles. The third-order valence-corrected chi connectivity index (χ3v) is 6.41. The Morgan fingerprint density at radius 3 is 2.87 bits per heavy atom. The van der Waals surface area contributed by atoms with Gasteiger partial charge >= 0.3 is 0 Å². The number of carbonyl (C=O) groups excluding carboxylic acids is 2. The molecule has 5 rings (SSSR count). The van der Waals surface area contributed by atoms with Gasteiger partial charge < -0.3 is 14.1 Å². The van der Waals surface area contributed by atoms with Gasteiger partial charge in [-0.3, -0.25) is 9.59 Å². The highest BCUT2D eigenvalue weighted by atomic mass is 16.5. The van der Waals surface area contributed by atoms with Gasteiger partial charge in [-0.2, -0.15) is 0 Å². The van der Waals surface area contributed by atoms with Crippen LogP contribution in [0, 0.1) is 11.3 Å². The van der Waals surface area contributed by atoms with Crippen molar-refractivity contribution in [3.63, 3.8) is 0 Å². The molecule has 5 heteroatoms. The smallest absolute Gasteiger partial charge is 0.232 e. The lowest BCUT2D eigenvalue weighted by atomic mass is 9.66. The third-order valence-electron chi connectivity index (χ3n) is 6.41. The molecule has 3 fully saturated rings. The molecule has 1 aromatic heterocycles. The van der Waals surface area contributed by atoms with Crippen LogP contribution in [0.25, 0.3) is 0 Å². The van der Waals surface area contributed by atoms with E-state index in [9.17, 15) is 9.59 Å². The second-order valence-electron chi connectivity index (χ2n) is 7.49. The molecular formula is C18H19NO4. The number of fused-ring (bicyclic) bond motifs is 2. The van der Waals surface area contributed by atoms with E-state index in [2.05, 4.69) is 0 Å². The molecule has 1 spiro atoms. The normalized spacial score (nSPS) is 47.3. The van der Waals surface area contributed by atoms with Gasteiger partial charge in [0.2, 0.25) is 5.91 Å². The fourth-order valence-corrected chi connectivity index (χ4v) is 5.25. The van der Waals surface area contributed by atoms with Gasteiger partial charge in [-0.25, -0.2) is 0 Å². The Bertz CT molecular complexity index is 738. The van der Waals surface area contributed by atoms with Crippen LogP contribution < -0.4 is 0 Å². The first kappa shape index (κ1) is 13.5. The summed E-state index contributed by atoms with van der Waals surface area (Å²) >= 11 is 0. The quantitative estimate of drug-likeness (QED) is 0.746.